The zero-order chi connectivity index (χ0) is 7.98. The van der Waals surface area contributed by atoms with Gasteiger partial charge in [-0.05, 0) is 12.2 Å². The predicted molar refractivity (Wildman–Crippen MR) is 40.2 cm³/mol. The highest BCUT2D eigenvalue weighted by Gasteiger charge is 1.93. The smallest absolute Gasteiger partial charge is 0.308 e. The lowest BCUT2D eigenvalue weighted by molar-refractivity contribution is -0.136. The zero-order valence-corrected chi connectivity index (χ0v) is 5.96. The van der Waals surface area contributed by atoms with Crippen molar-refractivity contribution in [2.75, 3.05) is 0 Å². The van der Waals surface area contributed by atoms with Crippen LogP contribution in [0.15, 0.2) is 37.1 Å². The molecule has 0 spiro atoms. The number of rotatable bonds is 3. The third kappa shape index (κ3) is 3.66. The normalized spacial score (nSPS) is 10.3. The summed E-state index contributed by atoms with van der Waals surface area (Å²) in [5.41, 5.74) is 0. The van der Waals surface area contributed by atoms with Crippen LogP contribution < -0.4 is 0 Å². The number of carbonyl (C=O) groups excluding carboxylic acids is 1. The molecule has 2 nitrogen and oxygen atoms in total. The van der Waals surface area contributed by atoms with Gasteiger partial charge in [0.15, 0.2) is 0 Å². The van der Waals surface area contributed by atoms with E-state index in [1.165, 1.54) is 19.1 Å². The van der Waals surface area contributed by atoms with Crippen LogP contribution in [0.5, 0.6) is 0 Å². The molecule has 0 aliphatic heterocycles. The minimum absolute atomic E-state index is 0.354. The van der Waals surface area contributed by atoms with E-state index in [0.29, 0.717) is 5.76 Å². The number of hydrogen-bond donors (Lipinski definition) is 0. The van der Waals surface area contributed by atoms with Gasteiger partial charge in [-0.25, -0.2) is 0 Å². The summed E-state index contributed by atoms with van der Waals surface area (Å²) in [6.07, 6.45) is 4.54. The second kappa shape index (κ2) is 4.56. The van der Waals surface area contributed by atoms with Gasteiger partial charge in [0.1, 0.15) is 5.76 Å². The molecule has 0 heterocycles. The molecule has 0 aliphatic carbocycles. The van der Waals surface area contributed by atoms with Crippen LogP contribution in [-0.2, 0) is 9.53 Å². The molecule has 0 aromatic carbocycles. The van der Waals surface area contributed by atoms with Crippen molar-refractivity contribution in [3.63, 3.8) is 0 Å². The van der Waals surface area contributed by atoms with Crippen molar-refractivity contribution in [3.8, 4) is 0 Å². The number of esters is 1. The number of ether oxygens (including phenoxy) is 1. The minimum Gasteiger partial charge on any atom is -0.427 e. The largest absolute Gasteiger partial charge is 0.427 e. The Balaban J connectivity index is 4.08. The fourth-order valence-corrected chi connectivity index (χ4v) is 0.426. The Morgan fingerprint density at radius 1 is 1.50 bits per heavy atom. The average molecular weight is 138 g/mol. The molecule has 54 valence electrons. The standard InChI is InChI=1S/C8H10O2/c1-4-6-8(5-2)10-7(3)9/h4-6H,1-2H2,3H3. The third-order valence-electron chi connectivity index (χ3n) is 0.745. The van der Waals surface area contributed by atoms with Crippen LogP contribution in [-0.4, -0.2) is 5.97 Å². The summed E-state index contributed by atoms with van der Waals surface area (Å²) in [5, 5.41) is 0. The summed E-state index contributed by atoms with van der Waals surface area (Å²) in [7, 11) is 0. The second-order valence-corrected chi connectivity index (χ2v) is 1.60. The number of allylic oxidation sites excluding steroid dienone is 3. The van der Waals surface area contributed by atoms with Crippen molar-refractivity contribution >= 4 is 5.97 Å². The van der Waals surface area contributed by atoms with Crippen LogP contribution in [0.4, 0.5) is 0 Å². The molecule has 0 atom stereocenters. The summed E-state index contributed by atoms with van der Waals surface area (Å²) < 4.78 is 4.67. The SMILES string of the molecule is C=CC=C(C=C)OC(C)=O. The zero-order valence-electron chi connectivity index (χ0n) is 5.96. The molecular formula is C8H10O2. The van der Waals surface area contributed by atoms with E-state index in [2.05, 4.69) is 17.9 Å². The lowest BCUT2D eigenvalue weighted by atomic mass is 10.4. The van der Waals surface area contributed by atoms with E-state index in [0.717, 1.165) is 0 Å². The second-order valence-electron chi connectivity index (χ2n) is 1.60. The molecule has 0 fully saturated rings. The molecule has 0 aromatic rings. The molecule has 0 amide bonds. The van der Waals surface area contributed by atoms with Crippen LogP contribution in [0, 0.1) is 0 Å². The summed E-state index contributed by atoms with van der Waals surface area (Å²) in [4.78, 5) is 10.3. The van der Waals surface area contributed by atoms with Crippen LogP contribution in [0.2, 0.25) is 0 Å². The monoisotopic (exact) mass is 138 g/mol. The molecule has 0 bridgehead atoms. The van der Waals surface area contributed by atoms with Gasteiger partial charge in [-0.1, -0.05) is 19.2 Å². The Morgan fingerprint density at radius 3 is 2.40 bits per heavy atom. The summed E-state index contributed by atoms with van der Waals surface area (Å²) in [5.74, 6) is 0.0653. The summed E-state index contributed by atoms with van der Waals surface area (Å²) in [6.45, 7) is 8.21. The van der Waals surface area contributed by atoms with Gasteiger partial charge in [0, 0.05) is 6.92 Å². The van der Waals surface area contributed by atoms with Crippen molar-refractivity contribution in [1.29, 1.82) is 0 Å². The van der Waals surface area contributed by atoms with Gasteiger partial charge in [0.25, 0.3) is 0 Å². The first-order valence-corrected chi connectivity index (χ1v) is 2.84. The Kier molecular flexibility index (Phi) is 3.96. The topological polar surface area (TPSA) is 26.3 Å². The van der Waals surface area contributed by atoms with Gasteiger partial charge in [-0.15, -0.1) is 0 Å². The van der Waals surface area contributed by atoms with Crippen molar-refractivity contribution in [3.05, 3.63) is 37.1 Å². The summed E-state index contributed by atoms with van der Waals surface area (Å²) >= 11 is 0. The summed E-state index contributed by atoms with van der Waals surface area (Å²) in [6, 6.07) is 0. The molecule has 0 aliphatic rings. The van der Waals surface area contributed by atoms with E-state index in [-0.39, 0.29) is 5.97 Å². The fraction of sp³-hybridized carbons (Fsp3) is 0.125. The first-order valence-electron chi connectivity index (χ1n) is 2.84. The van der Waals surface area contributed by atoms with E-state index < -0.39 is 0 Å². The minimum atomic E-state index is -0.354. The Hall–Kier alpha value is -1.31. The molecule has 0 saturated carbocycles. The molecular weight excluding hydrogens is 128 g/mol. The molecule has 0 unspecified atom stereocenters. The number of carbonyl (C=O) groups is 1. The fourth-order valence-electron chi connectivity index (χ4n) is 0.426. The lowest BCUT2D eigenvalue weighted by Gasteiger charge is -1.97. The van der Waals surface area contributed by atoms with Crippen LogP contribution in [0.25, 0.3) is 0 Å². The number of hydrogen-bond acceptors (Lipinski definition) is 2. The maximum absolute atomic E-state index is 10.3. The van der Waals surface area contributed by atoms with Crippen molar-refractivity contribution in [1.82, 2.24) is 0 Å². The van der Waals surface area contributed by atoms with Crippen LogP contribution in [0.3, 0.4) is 0 Å². The van der Waals surface area contributed by atoms with E-state index in [1.54, 1.807) is 6.08 Å². The quantitative estimate of drug-likeness (QED) is 0.337. The Labute approximate surface area is 60.5 Å². The molecule has 0 aromatic heterocycles. The van der Waals surface area contributed by atoms with Crippen LogP contribution >= 0.6 is 0 Å². The Bertz CT molecular complexity index is 178. The van der Waals surface area contributed by atoms with Gasteiger partial charge in [0.2, 0.25) is 0 Å². The van der Waals surface area contributed by atoms with Gasteiger partial charge < -0.3 is 4.74 Å². The van der Waals surface area contributed by atoms with E-state index in [4.69, 9.17) is 0 Å². The lowest BCUT2D eigenvalue weighted by Crippen LogP contribution is -1.95. The van der Waals surface area contributed by atoms with E-state index in [9.17, 15) is 4.79 Å². The highest BCUT2D eigenvalue weighted by atomic mass is 16.5. The van der Waals surface area contributed by atoms with E-state index in [1.807, 2.05) is 0 Å². The van der Waals surface area contributed by atoms with Gasteiger partial charge in [0.05, 0.1) is 0 Å². The highest BCUT2D eigenvalue weighted by Crippen LogP contribution is 1.98. The molecule has 0 saturated heterocycles. The first-order chi connectivity index (χ1) is 4.70. The molecule has 10 heavy (non-hydrogen) atoms. The van der Waals surface area contributed by atoms with Crippen molar-refractivity contribution in [2.45, 2.75) is 6.92 Å². The molecule has 0 N–H and O–H groups in total. The predicted octanol–water partition coefficient (Wildman–Crippen LogP) is 1.81. The Morgan fingerprint density at radius 2 is 2.10 bits per heavy atom. The molecule has 0 rings (SSSR count). The van der Waals surface area contributed by atoms with Gasteiger partial charge in [-0.3, -0.25) is 4.79 Å². The van der Waals surface area contributed by atoms with Crippen LogP contribution in [0.1, 0.15) is 6.92 Å². The van der Waals surface area contributed by atoms with Crippen molar-refractivity contribution < 1.29 is 9.53 Å². The molecule has 2 heteroatoms. The van der Waals surface area contributed by atoms with Gasteiger partial charge >= 0.3 is 5.97 Å². The van der Waals surface area contributed by atoms with E-state index >= 15 is 0 Å². The maximum Gasteiger partial charge on any atom is 0.308 e. The highest BCUT2D eigenvalue weighted by molar-refractivity contribution is 5.67. The third-order valence-corrected chi connectivity index (χ3v) is 0.745. The first kappa shape index (κ1) is 8.69. The maximum atomic E-state index is 10.3. The average Bonchev–Trinajstić information content (AvgIpc) is 1.86. The van der Waals surface area contributed by atoms with Crippen molar-refractivity contribution in [2.24, 2.45) is 0 Å². The molecule has 0 radical (unpaired) electrons. The van der Waals surface area contributed by atoms with Gasteiger partial charge in [-0.2, -0.15) is 0 Å².